The van der Waals surface area contributed by atoms with Gasteiger partial charge in [0, 0.05) is 36.2 Å². The van der Waals surface area contributed by atoms with Crippen molar-refractivity contribution in [2.45, 2.75) is 19.3 Å². The van der Waals surface area contributed by atoms with E-state index in [0.29, 0.717) is 18.0 Å². The van der Waals surface area contributed by atoms with Gasteiger partial charge < -0.3 is 4.90 Å². The molecule has 1 fully saturated rings. The molecule has 158 valence electrons. The van der Waals surface area contributed by atoms with Crippen molar-refractivity contribution in [1.82, 2.24) is 10.2 Å². The van der Waals surface area contributed by atoms with Crippen LogP contribution in [0.5, 0.6) is 0 Å². The number of amides is 2. The van der Waals surface area contributed by atoms with Crippen LogP contribution < -0.4 is 10.2 Å². The third-order valence-electron chi connectivity index (χ3n) is 4.85. The SMILES string of the molecule is Cc1cccc(N2CC(c3nnc(NC(=O)c4ccc(Cl)c([N+](=O)[O-])c4)s3)CC2=O)c1. The van der Waals surface area contributed by atoms with Crippen LogP contribution in [0.15, 0.2) is 42.5 Å². The highest BCUT2D eigenvalue weighted by Gasteiger charge is 2.34. The van der Waals surface area contributed by atoms with Gasteiger partial charge in [-0.25, -0.2) is 0 Å². The number of anilines is 2. The van der Waals surface area contributed by atoms with E-state index in [4.69, 9.17) is 11.6 Å². The fourth-order valence-corrected chi connectivity index (χ4v) is 4.35. The molecule has 1 unspecified atom stereocenters. The predicted octanol–water partition coefficient (Wildman–Crippen LogP) is 4.18. The second-order valence-corrected chi connectivity index (χ2v) is 8.48. The quantitative estimate of drug-likeness (QED) is 0.453. The third-order valence-corrected chi connectivity index (χ3v) is 6.17. The molecule has 11 heteroatoms. The molecule has 9 nitrogen and oxygen atoms in total. The van der Waals surface area contributed by atoms with Gasteiger partial charge in [-0.1, -0.05) is 35.1 Å². The van der Waals surface area contributed by atoms with E-state index in [-0.39, 0.29) is 33.2 Å². The van der Waals surface area contributed by atoms with Crippen molar-refractivity contribution in [2.75, 3.05) is 16.8 Å². The normalized spacial score (nSPS) is 15.9. The highest BCUT2D eigenvalue weighted by atomic mass is 35.5. The van der Waals surface area contributed by atoms with Gasteiger partial charge in [-0.05, 0) is 36.8 Å². The average molecular weight is 458 g/mol. The number of hydrogen-bond acceptors (Lipinski definition) is 7. The molecule has 3 aromatic rings. The first-order valence-corrected chi connectivity index (χ1v) is 10.5. The number of carbonyl (C=O) groups excluding carboxylic acids is 2. The van der Waals surface area contributed by atoms with E-state index in [2.05, 4.69) is 15.5 Å². The molecule has 1 saturated heterocycles. The van der Waals surface area contributed by atoms with E-state index in [0.717, 1.165) is 17.3 Å². The van der Waals surface area contributed by atoms with Crippen molar-refractivity contribution in [3.05, 3.63) is 73.7 Å². The molecular weight excluding hydrogens is 442 g/mol. The Balaban J connectivity index is 1.46. The van der Waals surface area contributed by atoms with Crippen molar-refractivity contribution in [3.63, 3.8) is 0 Å². The molecule has 2 heterocycles. The Morgan fingerprint density at radius 1 is 1.29 bits per heavy atom. The minimum Gasteiger partial charge on any atom is -0.312 e. The summed E-state index contributed by atoms with van der Waals surface area (Å²) in [5.41, 5.74) is 1.63. The molecular formula is C20H16ClN5O4S. The number of carbonyl (C=O) groups is 2. The molecule has 0 spiro atoms. The molecule has 1 aliphatic rings. The van der Waals surface area contributed by atoms with Gasteiger partial charge in [0.25, 0.3) is 11.6 Å². The lowest BCUT2D eigenvalue weighted by Gasteiger charge is -2.16. The summed E-state index contributed by atoms with van der Waals surface area (Å²) in [7, 11) is 0. The van der Waals surface area contributed by atoms with E-state index in [1.54, 1.807) is 4.90 Å². The summed E-state index contributed by atoms with van der Waals surface area (Å²) in [6, 6.07) is 11.5. The first kappa shape index (κ1) is 20.9. The fraction of sp³-hybridized carbons (Fsp3) is 0.200. The van der Waals surface area contributed by atoms with Crippen LogP contribution in [0.25, 0.3) is 0 Å². The van der Waals surface area contributed by atoms with Gasteiger partial charge in [0.15, 0.2) is 0 Å². The van der Waals surface area contributed by atoms with Crippen LogP contribution in [-0.4, -0.2) is 33.5 Å². The van der Waals surface area contributed by atoms with Gasteiger partial charge in [0.1, 0.15) is 10.0 Å². The number of nitrogens with zero attached hydrogens (tertiary/aromatic N) is 4. The monoisotopic (exact) mass is 457 g/mol. The van der Waals surface area contributed by atoms with Gasteiger partial charge in [0.05, 0.1) is 4.92 Å². The van der Waals surface area contributed by atoms with E-state index in [1.807, 2.05) is 31.2 Å². The summed E-state index contributed by atoms with van der Waals surface area (Å²) in [5.74, 6) is -0.691. The molecule has 1 aliphatic heterocycles. The summed E-state index contributed by atoms with van der Waals surface area (Å²) in [5, 5.41) is 22.6. The zero-order valence-corrected chi connectivity index (χ0v) is 17.8. The summed E-state index contributed by atoms with van der Waals surface area (Å²) in [4.78, 5) is 37.0. The van der Waals surface area contributed by atoms with Crippen LogP contribution in [0, 0.1) is 17.0 Å². The largest absolute Gasteiger partial charge is 0.312 e. The van der Waals surface area contributed by atoms with Crippen LogP contribution in [0.1, 0.15) is 33.3 Å². The fourth-order valence-electron chi connectivity index (χ4n) is 3.33. The number of aryl methyl sites for hydroxylation is 1. The summed E-state index contributed by atoms with van der Waals surface area (Å²) < 4.78 is 0. The van der Waals surface area contributed by atoms with Crippen LogP contribution >= 0.6 is 22.9 Å². The van der Waals surface area contributed by atoms with Gasteiger partial charge in [-0.3, -0.25) is 25.0 Å². The number of benzene rings is 2. The molecule has 0 saturated carbocycles. The lowest BCUT2D eigenvalue weighted by atomic mass is 10.1. The Bertz CT molecular complexity index is 1200. The van der Waals surface area contributed by atoms with Gasteiger partial charge in [0.2, 0.25) is 11.0 Å². The molecule has 0 aliphatic carbocycles. The highest BCUT2D eigenvalue weighted by molar-refractivity contribution is 7.15. The lowest BCUT2D eigenvalue weighted by Crippen LogP contribution is -2.24. The molecule has 31 heavy (non-hydrogen) atoms. The topological polar surface area (TPSA) is 118 Å². The van der Waals surface area contributed by atoms with Gasteiger partial charge >= 0.3 is 0 Å². The molecule has 4 rings (SSSR count). The molecule has 0 bridgehead atoms. The Morgan fingerprint density at radius 2 is 2.10 bits per heavy atom. The minimum atomic E-state index is -0.654. The van der Waals surface area contributed by atoms with Gasteiger partial charge in [-0.2, -0.15) is 0 Å². The maximum atomic E-state index is 12.5. The van der Waals surface area contributed by atoms with E-state index in [1.165, 1.54) is 23.5 Å². The maximum Gasteiger partial charge on any atom is 0.288 e. The van der Waals surface area contributed by atoms with Crippen molar-refractivity contribution < 1.29 is 14.5 Å². The molecule has 2 amide bonds. The molecule has 1 atom stereocenters. The number of nitro benzene ring substituents is 1. The average Bonchev–Trinajstić information content (AvgIpc) is 3.34. The van der Waals surface area contributed by atoms with Crippen molar-refractivity contribution in [2.24, 2.45) is 0 Å². The molecule has 0 radical (unpaired) electrons. The van der Waals surface area contributed by atoms with Gasteiger partial charge in [-0.15, -0.1) is 10.2 Å². The Labute approximate surface area is 185 Å². The first-order chi connectivity index (χ1) is 14.8. The summed E-state index contributed by atoms with van der Waals surface area (Å²) in [6.45, 7) is 2.45. The van der Waals surface area contributed by atoms with Crippen LogP contribution in [0.2, 0.25) is 5.02 Å². The second-order valence-electron chi connectivity index (χ2n) is 7.07. The second kappa shape index (κ2) is 8.40. The van der Waals surface area contributed by atoms with E-state index >= 15 is 0 Å². The van der Waals surface area contributed by atoms with Crippen LogP contribution in [0.4, 0.5) is 16.5 Å². The minimum absolute atomic E-state index is 0.00450. The van der Waals surface area contributed by atoms with Crippen molar-refractivity contribution in [3.8, 4) is 0 Å². The number of halogens is 1. The third kappa shape index (κ3) is 4.39. The van der Waals surface area contributed by atoms with Crippen LogP contribution in [0.3, 0.4) is 0 Å². The lowest BCUT2D eigenvalue weighted by molar-refractivity contribution is -0.384. The first-order valence-electron chi connectivity index (χ1n) is 9.27. The molecule has 1 aromatic heterocycles. The number of nitro groups is 1. The highest BCUT2D eigenvalue weighted by Crippen LogP contribution is 2.34. The Morgan fingerprint density at radius 3 is 2.84 bits per heavy atom. The standard InChI is InChI=1S/C20H16ClN5O4S/c1-11-3-2-4-14(7-11)25-10-13(9-17(25)27)19-23-24-20(31-19)22-18(28)12-5-6-15(21)16(8-12)26(29)30/h2-8,13H,9-10H2,1H3,(H,22,24,28). The van der Waals surface area contributed by atoms with Crippen LogP contribution in [-0.2, 0) is 4.79 Å². The number of nitrogens with one attached hydrogen (secondary N) is 1. The number of hydrogen-bond donors (Lipinski definition) is 1. The van der Waals surface area contributed by atoms with E-state index in [9.17, 15) is 19.7 Å². The zero-order chi connectivity index (χ0) is 22.1. The maximum absolute atomic E-state index is 12.5. The molecule has 1 N–H and O–H groups in total. The summed E-state index contributed by atoms with van der Waals surface area (Å²) >= 11 is 6.96. The number of rotatable bonds is 5. The Hall–Kier alpha value is -3.37. The summed E-state index contributed by atoms with van der Waals surface area (Å²) in [6.07, 6.45) is 0.305. The Kier molecular flexibility index (Phi) is 5.66. The zero-order valence-electron chi connectivity index (χ0n) is 16.2. The molecule has 2 aromatic carbocycles. The smallest absolute Gasteiger partial charge is 0.288 e. The van der Waals surface area contributed by atoms with Crippen molar-refractivity contribution in [1.29, 1.82) is 0 Å². The van der Waals surface area contributed by atoms with E-state index < -0.39 is 10.8 Å². The predicted molar refractivity (Wildman–Crippen MR) is 117 cm³/mol. The number of aromatic nitrogens is 2. The van der Waals surface area contributed by atoms with Crippen molar-refractivity contribution >= 4 is 51.3 Å².